The van der Waals surface area contributed by atoms with Crippen LogP contribution in [0.25, 0.3) is 0 Å². The van der Waals surface area contributed by atoms with Crippen LogP contribution in [0.2, 0.25) is 0 Å². The van der Waals surface area contributed by atoms with Crippen molar-refractivity contribution < 1.29 is 137 Å². The number of hydrogen-bond donors (Lipinski definition) is 4. The van der Waals surface area contributed by atoms with E-state index < -0.39 is 145 Å². The maximum Gasteiger partial charge on any atom is 0.190 e. The van der Waals surface area contributed by atoms with Crippen molar-refractivity contribution in [3.05, 3.63) is 0 Å². The van der Waals surface area contributed by atoms with Gasteiger partial charge in [0.15, 0.2) is 71.5 Å². The molecule has 0 aromatic rings. The van der Waals surface area contributed by atoms with Crippen molar-refractivity contribution in [1.82, 2.24) is 0 Å². The first-order chi connectivity index (χ1) is 33.1. The van der Waals surface area contributed by atoms with E-state index in [1.807, 2.05) is 55.4 Å². The van der Waals surface area contributed by atoms with Crippen LogP contribution in [-0.4, -0.2) is 216 Å². The van der Waals surface area contributed by atoms with Crippen LogP contribution in [-0.2, 0) is 116 Å². The van der Waals surface area contributed by atoms with Crippen molar-refractivity contribution in [1.29, 1.82) is 0 Å². The van der Waals surface area contributed by atoms with E-state index in [9.17, 15) is 20.4 Å². The molecule has 0 saturated carbocycles. The summed E-state index contributed by atoms with van der Waals surface area (Å²) in [5, 5.41) is 41.0. The van der Waals surface area contributed by atoms with E-state index in [0.29, 0.717) is 26.4 Å². The number of aliphatic hydroxyl groups is 4. The third kappa shape index (κ3) is 13.0. The Morgan fingerprint density at radius 2 is 0.425 bits per heavy atom. The topological polar surface area (TPSA) is 266 Å². The Bertz CT molecular complexity index is 1640. The van der Waals surface area contributed by atoms with Crippen LogP contribution in [0.15, 0.2) is 0 Å². The van der Waals surface area contributed by atoms with Crippen molar-refractivity contribution in [2.24, 2.45) is 0 Å². The third-order valence-electron chi connectivity index (χ3n) is 13.8. The summed E-state index contributed by atoms with van der Waals surface area (Å²) in [5.74, 6) is -5.39. The summed E-state index contributed by atoms with van der Waals surface area (Å²) in [7, 11) is 0. The van der Waals surface area contributed by atoms with E-state index in [4.69, 9.17) is 94.7 Å². The molecule has 0 radical (unpaired) electrons. The Labute approximate surface area is 441 Å². The van der Waals surface area contributed by atoms with Crippen molar-refractivity contribution in [2.75, 3.05) is 26.4 Å². The molecule has 0 spiro atoms. The van der Waals surface area contributed by atoms with Gasteiger partial charge in [0.2, 0.25) is 0 Å². The first-order valence-electron chi connectivity index (χ1n) is 25.1. The second-order valence-electron chi connectivity index (χ2n) is 23.7. The van der Waals surface area contributed by atoms with E-state index in [2.05, 4.69) is 0 Å². The zero-order valence-corrected chi connectivity index (χ0v) is 46.4. The summed E-state index contributed by atoms with van der Waals surface area (Å²) in [6.07, 6.45) is -10.1. The number of hydrogen-bond acceptors (Lipinski definition) is 24. The fraction of sp³-hybridized carbons (Fsp3) is 1.00. The van der Waals surface area contributed by atoms with Crippen LogP contribution in [0.4, 0.5) is 0 Å². The summed E-state index contributed by atoms with van der Waals surface area (Å²) in [6.45, 7) is 30.7. The second kappa shape index (κ2) is 20.7. The molecule has 0 aliphatic carbocycles. The van der Waals surface area contributed by atoms with Gasteiger partial charge in [-0.2, -0.15) is 0 Å². The minimum Gasteiger partial charge on any atom is -0.387 e. The van der Waals surface area contributed by atoms with E-state index in [-0.39, 0.29) is 46.1 Å². The summed E-state index contributed by atoms with van der Waals surface area (Å²) < 4.78 is 112. The fourth-order valence-electron chi connectivity index (χ4n) is 10.8. The molecule has 12 fully saturated rings. The third-order valence-corrected chi connectivity index (χ3v) is 13.8. The quantitative estimate of drug-likeness (QED) is 0.291. The predicted octanol–water partition coefficient (Wildman–Crippen LogP) is 1.50. The van der Waals surface area contributed by atoms with Crippen molar-refractivity contribution >= 4 is 0 Å². The van der Waals surface area contributed by atoms with Gasteiger partial charge in [0.1, 0.15) is 97.7 Å². The molecule has 0 aromatic carbocycles. The van der Waals surface area contributed by atoms with E-state index in [0.717, 1.165) is 0 Å². The molecule has 73 heavy (non-hydrogen) atoms. The largest absolute Gasteiger partial charge is 0.387 e. The first kappa shape index (κ1) is 58.9. The molecule has 12 aliphatic heterocycles. The van der Waals surface area contributed by atoms with Gasteiger partial charge in [-0.15, -0.1) is 0 Å². The molecule has 12 aliphatic rings. The summed E-state index contributed by atoms with van der Waals surface area (Å²) in [5.41, 5.74) is 0. The molecule has 0 amide bonds. The molecular weight excluding hydrogens is 1010 g/mol. The van der Waals surface area contributed by atoms with Gasteiger partial charge in [0, 0.05) is 21.7 Å². The monoisotopic (exact) mass is 1090 g/mol. The van der Waals surface area contributed by atoms with Crippen LogP contribution < -0.4 is 0 Å². The molecule has 12 saturated heterocycles. The Hall–Kier alpha value is -0.246. The summed E-state index contributed by atoms with van der Waals surface area (Å²) >= 11 is 0. The molecule has 25 heteroatoms. The van der Waals surface area contributed by atoms with Gasteiger partial charge in [-0.05, 0) is 111 Å². The molecule has 0 bridgehead atoms. The van der Waals surface area contributed by atoms with Gasteiger partial charge in [-0.25, -0.2) is 0 Å². The molecule has 0 aromatic heterocycles. The Kier molecular flexibility index (Phi) is 16.7. The molecule has 20 atom stereocenters. The maximum atomic E-state index is 10.3. The molecule has 420 valence electrons. The van der Waals surface area contributed by atoms with E-state index >= 15 is 0 Å². The zero-order valence-electron chi connectivity index (χ0n) is 44.8. The molecule has 0 unspecified atom stereocenters. The second-order valence-corrected chi connectivity index (χ2v) is 23.7. The smallest absolute Gasteiger partial charge is 0.190 e. The predicted molar refractivity (Wildman–Crippen MR) is 238 cm³/mol. The van der Waals surface area contributed by atoms with Gasteiger partial charge in [-0.3, -0.25) is 0 Å². The summed E-state index contributed by atoms with van der Waals surface area (Å²) in [4.78, 5) is 0. The number of aliphatic hydroxyl groups excluding tert-OH is 4. The Morgan fingerprint density at radius 3 is 0.562 bits per heavy atom. The van der Waals surface area contributed by atoms with Gasteiger partial charge in [-0.1, -0.05) is 0 Å². The van der Waals surface area contributed by atoms with Gasteiger partial charge in [0.05, 0.1) is 26.4 Å². The van der Waals surface area contributed by atoms with E-state index in [1.165, 1.54) is 0 Å². The maximum absolute atomic E-state index is 10.3. The normalized spacial score (nSPS) is 48.8. The van der Waals surface area contributed by atoms with E-state index in [1.54, 1.807) is 55.4 Å². The first-order valence-corrected chi connectivity index (χ1v) is 25.1. The SMILES string of the molecule is CC1(C)O[C@H]2O[C@H]([C@H]3COC(C)(C)O3)[C@H](O)[C@H]2O1.CC1(C)O[C@H]2O[C@H]([C@H]3COC(C)(C)O3)[C@H](O)[C@H]2O1.CC1(C)O[C@H]2O[C@H]([C@H]3COC(C)(C)O3)[C@H](O)[C@H]2O1.CC1(C)O[C@H]2O[C@H]([C@H]3COC(C)(C)O3)[C@H](O)[C@H]2O1.[Ti]. The van der Waals surface area contributed by atoms with Crippen molar-refractivity contribution in [2.45, 2.75) is 280 Å². The number of fused-ring (bicyclic) bond motifs is 4. The van der Waals surface area contributed by atoms with Gasteiger partial charge >= 0.3 is 0 Å². The van der Waals surface area contributed by atoms with Crippen LogP contribution in [0.1, 0.15) is 111 Å². The van der Waals surface area contributed by atoms with Gasteiger partial charge in [0.25, 0.3) is 0 Å². The average Bonchev–Trinajstić information content (AvgIpc) is 4.13. The van der Waals surface area contributed by atoms with Crippen LogP contribution in [0.5, 0.6) is 0 Å². The van der Waals surface area contributed by atoms with Crippen molar-refractivity contribution in [3.63, 3.8) is 0 Å². The molecule has 4 N–H and O–H groups in total. The zero-order chi connectivity index (χ0) is 52.5. The van der Waals surface area contributed by atoms with Crippen LogP contribution in [0, 0.1) is 0 Å². The standard InChI is InChI=1S/4C12H20O6.Ti/c4*1-11(2)14-5-6(16-11)8-7(13)9-10(15-8)18-12(3,4)17-9;/h4*6-10,13H,5H2,1-4H3;/t4*6-,7+,8-,9-,10-;/m1111./s1. The van der Waals surface area contributed by atoms with Crippen LogP contribution >= 0.6 is 0 Å². The molecule has 24 nitrogen and oxygen atoms in total. The Morgan fingerprint density at radius 1 is 0.247 bits per heavy atom. The molecular formula is C48H80O24Ti. The molecule has 12 rings (SSSR count). The minimum absolute atomic E-state index is 0. The fourth-order valence-corrected chi connectivity index (χ4v) is 10.8. The average molecular weight is 1090 g/mol. The number of rotatable bonds is 4. The minimum atomic E-state index is -0.765. The van der Waals surface area contributed by atoms with Crippen molar-refractivity contribution in [3.8, 4) is 0 Å². The van der Waals surface area contributed by atoms with Crippen LogP contribution in [0.3, 0.4) is 0 Å². The summed E-state index contributed by atoms with van der Waals surface area (Å²) in [6, 6.07) is 0. The molecule has 12 heterocycles. The number of ether oxygens (including phenoxy) is 20. The van der Waals surface area contributed by atoms with Gasteiger partial charge < -0.3 is 115 Å². The Balaban J connectivity index is 0.000000129.